The molecule has 0 bridgehead atoms. The van der Waals surface area contributed by atoms with E-state index in [0.717, 1.165) is 24.1 Å². The van der Waals surface area contributed by atoms with E-state index in [1.54, 1.807) is 0 Å². The second-order valence-corrected chi connectivity index (χ2v) is 9.53. The maximum absolute atomic E-state index is 11.3. The van der Waals surface area contributed by atoms with Crippen LogP contribution in [0.3, 0.4) is 0 Å². The molecule has 4 heteroatoms. The average molecular weight is 474 g/mol. The van der Waals surface area contributed by atoms with Crippen molar-refractivity contribution >= 4 is 5.97 Å². The summed E-state index contributed by atoms with van der Waals surface area (Å²) in [7, 11) is 0. The predicted octanol–water partition coefficient (Wildman–Crippen LogP) is 5.23. The first-order valence-corrected chi connectivity index (χ1v) is 13.7. The summed E-state index contributed by atoms with van der Waals surface area (Å²) >= 11 is 0. The summed E-state index contributed by atoms with van der Waals surface area (Å²) in [6.45, 7) is 16.3. The number of quaternary nitrogens is 1. The van der Waals surface area contributed by atoms with Crippen molar-refractivity contribution in [3.63, 3.8) is 0 Å². The standard InChI is InChI=1S/C28H56NO2.ClH/c1-6-10-11-12-13-14-15-16-17-18-19-20-21-22-23-24-27(5)29(8-3,9-4)25-26-31-28(30)7-2;/h7,27H,2,6,8-26H2,1,3-5H3;1H/q+1;/p-1. The van der Waals surface area contributed by atoms with Crippen LogP contribution in [0, 0.1) is 0 Å². The van der Waals surface area contributed by atoms with Crippen LogP contribution in [0.15, 0.2) is 12.7 Å². The van der Waals surface area contributed by atoms with Crippen LogP contribution < -0.4 is 12.4 Å². The molecule has 0 amide bonds. The summed E-state index contributed by atoms with van der Waals surface area (Å²) < 4.78 is 6.30. The molecule has 192 valence electrons. The molecule has 0 N–H and O–H groups in total. The highest BCUT2D eigenvalue weighted by molar-refractivity contribution is 5.81. The van der Waals surface area contributed by atoms with Gasteiger partial charge < -0.3 is 21.6 Å². The lowest BCUT2D eigenvalue weighted by molar-refractivity contribution is -0.946. The van der Waals surface area contributed by atoms with E-state index in [4.69, 9.17) is 4.74 Å². The number of likely N-dealkylation sites (N-methyl/N-ethyl adjacent to an activating group) is 1. The van der Waals surface area contributed by atoms with Crippen molar-refractivity contribution in [2.24, 2.45) is 0 Å². The third-order valence-electron chi connectivity index (χ3n) is 7.37. The van der Waals surface area contributed by atoms with Crippen LogP contribution in [-0.2, 0) is 9.53 Å². The maximum atomic E-state index is 11.3. The molecule has 0 heterocycles. The van der Waals surface area contributed by atoms with E-state index >= 15 is 0 Å². The first-order valence-electron chi connectivity index (χ1n) is 13.7. The summed E-state index contributed by atoms with van der Waals surface area (Å²) in [5.41, 5.74) is 0. The Bertz CT molecular complexity index is 424. The summed E-state index contributed by atoms with van der Waals surface area (Å²) in [6.07, 6.45) is 23.8. The van der Waals surface area contributed by atoms with E-state index in [1.807, 2.05) is 0 Å². The zero-order chi connectivity index (χ0) is 23.2. The average Bonchev–Trinajstić information content (AvgIpc) is 2.79. The fraction of sp³-hybridized carbons (Fsp3) is 0.893. The van der Waals surface area contributed by atoms with Gasteiger partial charge in [-0.1, -0.05) is 103 Å². The van der Waals surface area contributed by atoms with Crippen LogP contribution in [0.1, 0.15) is 130 Å². The molecule has 0 rings (SSSR count). The van der Waals surface area contributed by atoms with Crippen molar-refractivity contribution in [3.05, 3.63) is 12.7 Å². The third kappa shape index (κ3) is 17.0. The summed E-state index contributed by atoms with van der Waals surface area (Å²) in [5, 5.41) is 0. The lowest BCUT2D eigenvalue weighted by atomic mass is 10.0. The molecule has 1 atom stereocenters. The molecule has 0 fully saturated rings. The SMILES string of the molecule is C=CC(=O)OCC[N+](CC)(CC)C(C)CCCCCCCCCCCCCCCCC.[Cl-]. The second-order valence-electron chi connectivity index (χ2n) is 9.53. The van der Waals surface area contributed by atoms with Gasteiger partial charge in [0.1, 0.15) is 13.2 Å². The van der Waals surface area contributed by atoms with Crippen molar-refractivity contribution in [1.82, 2.24) is 0 Å². The minimum absolute atomic E-state index is 0. The highest BCUT2D eigenvalue weighted by atomic mass is 35.5. The van der Waals surface area contributed by atoms with Crippen molar-refractivity contribution in [3.8, 4) is 0 Å². The van der Waals surface area contributed by atoms with E-state index in [2.05, 4.69) is 34.3 Å². The molecule has 0 aliphatic heterocycles. The molecule has 0 aliphatic carbocycles. The number of hydrogen-bond donors (Lipinski definition) is 0. The summed E-state index contributed by atoms with van der Waals surface area (Å²) in [6, 6.07) is 0.624. The molecule has 0 saturated carbocycles. The van der Waals surface area contributed by atoms with E-state index in [1.165, 1.54) is 109 Å². The predicted molar refractivity (Wildman–Crippen MR) is 136 cm³/mol. The molecule has 0 aromatic rings. The fourth-order valence-corrected chi connectivity index (χ4v) is 4.86. The normalized spacial score (nSPS) is 12.2. The Morgan fingerprint density at radius 3 is 1.56 bits per heavy atom. The Balaban J connectivity index is 0. The molecular weight excluding hydrogens is 418 g/mol. The Hall–Kier alpha value is -0.540. The van der Waals surface area contributed by atoms with Crippen molar-refractivity contribution in [2.75, 3.05) is 26.2 Å². The van der Waals surface area contributed by atoms with Gasteiger partial charge in [0, 0.05) is 6.08 Å². The van der Waals surface area contributed by atoms with Gasteiger partial charge in [-0.3, -0.25) is 0 Å². The van der Waals surface area contributed by atoms with Gasteiger partial charge >= 0.3 is 5.97 Å². The molecule has 1 unspecified atom stereocenters. The van der Waals surface area contributed by atoms with Crippen molar-refractivity contribution in [1.29, 1.82) is 0 Å². The zero-order valence-corrected chi connectivity index (χ0v) is 22.9. The van der Waals surface area contributed by atoms with Crippen molar-refractivity contribution < 1.29 is 26.4 Å². The minimum Gasteiger partial charge on any atom is -1.00 e. The molecule has 0 aromatic heterocycles. The summed E-state index contributed by atoms with van der Waals surface area (Å²) in [5.74, 6) is -0.305. The molecule has 0 spiro atoms. The molecule has 0 aromatic carbocycles. The summed E-state index contributed by atoms with van der Waals surface area (Å²) in [4.78, 5) is 11.3. The van der Waals surface area contributed by atoms with Crippen LogP contribution in [0.2, 0.25) is 0 Å². The van der Waals surface area contributed by atoms with E-state index in [-0.39, 0.29) is 18.4 Å². The van der Waals surface area contributed by atoms with Gasteiger partial charge in [0.25, 0.3) is 0 Å². The van der Waals surface area contributed by atoms with Gasteiger partial charge in [0.15, 0.2) is 0 Å². The molecule has 0 aliphatic rings. The van der Waals surface area contributed by atoms with Gasteiger partial charge in [0.2, 0.25) is 0 Å². The number of hydrogen-bond acceptors (Lipinski definition) is 2. The Labute approximate surface area is 207 Å². The van der Waals surface area contributed by atoms with E-state index < -0.39 is 0 Å². The Morgan fingerprint density at radius 2 is 1.19 bits per heavy atom. The monoisotopic (exact) mass is 473 g/mol. The maximum Gasteiger partial charge on any atom is 0.330 e. The number of carbonyl (C=O) groups excluding carboxylic acids is 1. The van der Waals surface area contributed by atoms with Crippen LogP contribution in [0.25, 0.3) is 0 Å². The Morgan fingerprint density at radius 1 is 0.781 bits per heavy atom. The number of esters is 1. The minimum atomic E-state index is -0.305. The second kappa shape index (κ2) is 23.6. The molecule has 0 saturated heterocycles. The number of rotatable bonds is 23. The zero-order valence-electron chi connectivity index (χ0n) is 22.1. The van der Waals surface area contributed by atoms with Crippen molar-refractivity contribution in [2.45, 2.75) is 136 Å². The van der Waals surface area contributed by atoms with Gasteiger partial charge in [-0.15, -0.1) is 0 Å². The molecule has 0 radical (unpaired) electrons. The van der Waals surface area contributed by atoms with E-state index in [0.29, 0.717) is 12.6 Å². The number of carbonyl (C=O) groups is 1. The largest absolute Gasteiger partial charge is 1.00 e. The number of halogens is 1. The highest BCUT2D eigenvalue weighted by Crippen LogP contribution is 2.20. The number of ether oxygens (including phenoxy) is 1. The van der Waals surface area contributed by atoms with Crippen LogP contribution in [-0.4, -0.2) is 42.7 Å². The highest BCUT2D eigenvalue weighted by Gasteiger charge is 2.30. The molecule has 32 heavy (non-hydrogen) atoms. The number of unbranched alkanes of at least 4 members (excludes halogenated alkanes) is 14. The Kier molecular flexibility index (Phi) is 24.8. The van der Waals surface area contributed by atoms with Crippen LogP contribution in [0.5, 0.6) is 0 Å². The van der Waals surface area contributed by atoms with Crippen LogP contribution >= 0.6 is 0 Å². The lowest BCUT2D eigenvalue weighted by Gasteiger charge is -2.42. The first kappa shape index (κ1) is 33.6. The first-order chi connectivity index (χ1) is 15.1. The van der Waals surface area contributed by atoms with Gasteiger partial charge in [0.05, 0.1) is 19.1 Å². The smallest absolute Gasteiger partial charge is 0.330 e. The van der Waals surface area contributed by atoms with Gasteiger partial charge in [-0.25, -0.2) is 4.79 Å². The quantitative estimate of drug-likeness (QED) is 0.0879. The molecular formula is C28H56ClNO2. The van der Waals surface area contributed by atoms with Gasteiger partial charge in [-0.05, 0) is 33.6 Å². The number of nitrogens with zero attached hydrogens (tertiary/aromatic N) is 1. The van der Waals surface area contributed by atoms with Crippen LogP contribution in [0.4, 0.5) is 0 Å². The van der Waals surface area contributed by atoms with Gasteiger partial charge in [-0.2, -0.15) is 0 Å². The topological polar surface area (TPSA) is 26.3 Å². The lowest BCUT2D eigenvalue weighted by Crippen LogP contribution is -3.00. The molecule has 3 nitrogen and oxygen atoms in total. The third-order valence-corrected chi connectivity index (χ3v) is 7.37. The fourth-order valence-electron chi connectivity index (χ4n) is 4.86. The van der Waals surface area contributed by atoms with E-state index in [9.17, 15) is 4.79 Å².